The second kappa shape index (κ2) is 18.6. The molecule has 0 bridgehead atoms. The lowest BCUT2D eigenvalue weighted by Crippen LogP contribution is -2.71. The fraction of sp³-hybridized carbons (Fsp3) is 0.931. The van der Waals surface area contributed by atoms with E-state index in [-0.39, 0.29) is 0 Å². The smallest absolute Gasteiger partial charge is 0.364 e. The van der Waals surface area contributed by atoms with E-state index in [4.69, 9.17) is 33.2 Å². The van der Waals surface area contributed by atoms with Gasteiger partial charge >= 0.3 is 5.97 Å². The van der Waals surface area contributed by atoms with Crippen molar-refractivity contribution in [1.29, 1.82) is 0 Å². The molecule has 0 unspecified atom stereocenters. The topological polar surface area (TPSA) is 414 Å². The van der Waals surface area contributed by atoms with E-state index in [1.54, 1.807) is 0 Å². The molecule has 1 amide bonds. The number of nitrogens with one attached hydrogen (secondary N) is 1. The fourth-order valence-electron chi connectivity index (χ4n) is 6.62. The van der Waals surface area contributed by atoms with Gasteiger partial charge in [0, 0.05) is 13.3 Å². The van der Waals surface area contributed by atoms with Crippen molar-refractivity contribution in [2.45, 2.75) is 142 Å². The molecule has 0 spiro atoms. The Hall–Kier alpha value is -1.90. The summed E-state index contributed by atoms with van der Waals surface area (Å²) in [5.74, 6) is -5.96. The molecule has 0 aliphatic carbocycles. The van der Waals surface area contributed by atoms with Gasteiger partial charge in [0.05, 0.1) is 38.6 Å². The van der Waals surface area contributed by atoms with Gasteiger partial charge < -0.3 is 115 Å². The standard InChI is InChI=1S/C29H49NO24/c1-7(35)30-13-8(36)2-29(28(46)47,53-21(13)14(38)9(37)3-31)54-22-16(40)12(6-34)50-27(20(22)44)51-23-17(41)11(5-33)48-25(45)24(23)52-26-19(43)18(42)15(39)10(4-32)49-26/h8-27,31-34,36-45H,2-6H2,1H3,(H,30,35)(H,46,47)/t8-,9+,10+,11+,12+,13+,14+,15-,16-,17-,18-,19+,20+,21+,22-,23-,24+,25+,26-,27-,29-/m0/s1. The van der Waals surface area contributed by atoms with Gasteiger partial charge in [0.1, 0.15) is 91.6 Å². The molecule has 0 saturated carbocycles. The average molecular weight is 796 g/mol. The highest BCUT2D eigenvalue weighted by molar-refractivity contribution is 5.76. The van der Waals surface area contributed by atoms with Crippen LogP contribution in [-0.4, -0.2) is 243 Å². The van der Waals surface area contributed by atoms with Crippen molar-refractivity contribution in [2.24, 2.45) is 0 Å². The first-order chi connectivity index (χ1) is 25.4. The van der Waals surface area contributed by atoms with Gasteiger partial charge in [-0.15, -0.1) is 0 Å². The molecule has 4 rings (SSSR count). The lowest BCUT2D eigenvalue weighted by atomic mass is 9.88. The maximum absolute atomic E-state index is 12.8. The Morgan fingerprint density at radius 3 is 1.78 bits per heavy atom. The number of rotatable bonds is 14. The first-order valence-electron chi connectivity index (χ1n) is 16.7. The first kappa shape index (κ1) is 44.8. The minimum atomic E-state index is -3.13. The molecule has 4 aliphatic heterocycles. The van der Waals surface area contributed by atoms with Crippen LogP contribution in [0.25, 0.3) is 0 Å². The molecule has 0 aromatic heterocycles. The van der Waals surface area contributed by atoms with E-state index in [0.717, 1.165) is 6.92 Å². The van der Waals surface area contributed by atoms with E-state index >= 15 is 0 Å². The van der Waals surface area contributed by atoms with Crippen molar-refractivity contribution >= 4 is 11.9 Å². The number of carbonyl (C=O) groups is 2. The van der Waals surface area contributed by atoms with E-state index in [1.165, 1.54) is 0 Å². The Kier molecular flexibility index (Phi) is 15.4. The monoisotopic (exact) mass is 795 g/mol. The minimum Gasteiger partial charge on any atom is -0.477 e. The van der Waals surface area contributed by atoms with Crippen LogP contribution >= 0.6 is 0 Å². The van der Waals surface area contributed by atoms with Crippen molar-refractivity contribution in [3.63, 3.8) is 0 Å². The van der Waals surface area contributed by atoms with Crippen molar-refractivity contribution in [3.05, 3.63) is 0 Å². The summed E-state index contributed by atoms with van der Waals surface area (Å²) in [6, 6.07) is -1.61. The number of amides is 1. The predicted octanol–water partition coefficient (Wildman–Crippen LogP) is -10.4. The van der Waals surface area contributed by atoms with Gasteiger partial charge in [-0.1, -0.05) is 0 Å². The summed E-state index contributed by atoms with van der Waals surface area (Å²) >= 11 is 0. The predicted molar refractivity (Wildman–Crippen MR) is 163 cm³/mol. The van der Waals surface area contributed by atoms with Crippen LogP contribution in [0, 0.1) is 0 Å². The average Bonchev–Trinajstić information content (AvgIpc) is 3.13. The Morgan fingerprint density at radius 2 is 1.24 bits per heavy atom. The van der Waals surface area contributed by atoms with Gasteiger partial charge in [-0.05, 0) is 0 Å². The summed E-state index contributed by atoms with van der Waals surface area (Å²) in [4.78, 5) is 24.6. The number of hydrogen-bond acceptors (Lipinski definition) is 23. The van der Waals surface area contributed by atoms with Gasteiger partial charge in [-0.2, -0.15) is 0 Å². The van der Waals surface area contributed by atoms with E-state index in [2.05, 4.69) is 5.32 Å². The molecule has 4 aliphatic rings. The van der Waals surface area contributed by atoms with E-state index in [0.29, 0.717) is 0 Å². The molecule has 16 N–H and O–H groups in total. The molecule has 0 radical (unpaired) electrons. The summed E-state index contributed by atoms with van der Waals surface area (Å²) < 4.78 is 38.4. The number of aliphatic carboxylic acids is 1. The van der Waals surface area contributed by atoms with Crippen molar-refractivity contribution in [3.8, 4) is 0 Å². The number of aliphatic hydroxyl groups is 14. The van der Waals surface area contributed by atoms with Gasteiger partial charge in [0.15, 0.2) is 18.9 Å². The Balaban J connectivity index is 1.66. The third-order valence-electron chi connectivity index (χ3n) is 9.58. The molecule has 4 fully saturated rings. The summed E-state index contributed by atoms with van der Waals surface area (Å²) in [5, 5.41) is 158. The van der Waals surface area contributed by atoms with Crippen LogP contribution in [0.15, 0.2) is 0 Å². The molecule has 4 heterocycles. The Labute approximate surface area is 305 Å². The maximum atomic E-state index is 12.8. The number of aliphatic hydroxyl groups excluding tert-OH is 14. The molecular weight excluding hydrogens is 746 g/mol. The van der Waals surface area contributed by atoms with E-state index in [1.807, 2.05) is 0 Å². The van der Waals surface area contributed by atoms with Crippen LogP contribution in [0.3, 0.4) is 0 Å². The molecule has 314 valence electrons. The number of hydrogen-bond donors (Lipinski definition) is 16. The summed E-state index contributed by atoms with van der Waals surface area (Å²) in [6.45, 7) is -3.00. The zero-order chi connectivity index (χ0) is 40.4. The van der Waals surface area contributed by atoms with Gasteiger partial charge in [0.2, 0.25) is 5.91 Å². The highest BCUT2D eigenvalue weighted by atomic mass is 16.8. The van der Waals surface area contributed by atoms with Crippen LogP contribution < -0.4 is 5.32 Å². The molecular formula is C29H49NO24. The van der Waals surface area contributed by atoms with Crippen LogP contribution in [0.5, 0.6) is 0 Å². The zero-order valence-corrected chi connectivity index (χ0v) is 28.5. The number of carboxylic acids is 1. The van der Waals surface area contributed by atoms with Crippen molar-refractivity contribution in [1.82, 2.24) is 5.32 Å². The van der Waals surface area contributed by atoms with Crippen LogP contribution in [0.4, 0.5) is 0 Å². The van der Waals surface area contributed by atoms with Crippen LogP contribution in [-0.2, 0) is 42.7 Å². The third kappa shape index (κ3) is 9.12. The third-order valence-corrected chi connectivity index (χ3v) is 9.58. The van der Waals surface area contributed by atoms with Gasteiger partial charge in [-0.3, -0.25) is 4.79 Å². The van der Waals surface area contributed by atoms with Crippen LogP contribution in [0.2, 0.25) is 0 Å². The summed E-state index contributed by atoms with van der Waals surface area (Å²) in [6.07, 6.45) is -39.0. The molecule has 25 nitrogen and oxygen atoms in total. The Bertz CT molecular complexity index is 1230. The highest BCUT2D eigenvalue weighted by Gasteiger charge is 2.60. The quantitative estimate of drug-likeness (QED) is 0.0776. The molecule has 0 aromatic carbocycles. The fourth-order valence-corrected chi connectivity index (χ4v) is 6.62. The molecule has 21 atom stereocenters. The molecule has 0 aromatic rings. The summed E-state index contributed by atoms with van der Waals surface area (Å²) in [5.41, 5.74) is 0. The second-order valence-electron chi connectivity index (χ2n) is 13.3. The largest absolute Gasteiger partial charge is 0.477 e. The maximum Gasteiger partial charge on any atom is 0.364 e. The number of ether oxygens (including phenoxy) is 7. The van der Waals surface area contributed by atoms with E-state index in [9.17, 15) is 86.2 Å². The lowest BCUT2D eigenvalue weighted by molar-refractivity contribution is -0.399. The lowest BCUT2D eigenvalue weighted by Gasteiger charge is -2.51. The number of carboxylic acid groups (broad SMARTS) is 1. The first-order valence-corrected chi connectivity index (χ1v) is 16.7. The normalized spacial score (nSPS) is 47.1. The number of carbonyl (C=O) groups excluding carboxylic acids is 1. The molecule has 25 heteroatoms. The second-order valence-corrected chi connectivity index (χ2v) is 13.3. The van der Waals surface area contributed by atoms with Crippen molar-refractivity contribution < 1.29 is 119 Å². The highest BCUT2D eigenvalue weighted by Crippen LogP contribution is 2.39. The SMILES string of the molecule is CC(=O)N[C@H]1[C@H]([C@H](O)[C@H](O)CO)O[C@@](O[C@H]2[C@@H](O)[C@@H](CO)O[C@@H](O[C@H]3[C@@H](O)[C@@H](CO)O[C@@H](O)[C@@H]3O[C@@H]3O[C@H](CO)[C@H](O)[C@H](O)[C@H]3O)[C@@H]2O)(C(=O)O)C[C@@H]1O. The van der Waals surface area contributed by atoms with Gasteiger partial charge in [-0.25, -0.2) is 4.79 Å². The van der Waals surface area contributed by atoms with Crippen molar-refractivity contribution in [2.75, 3.05) is 26.4 Å². The summed E-state index contributed by atoms with van der Waals surface area (Å²) in [7, 11) is 0. The Morgan fingerprint density at radius 1 is 0.722 bits per heavy atom. The van der Waals surface area contributed by atoms with E-state index < -0.39 is 173 Å². The minimum absolute atomic E-state index is 0.791. The van der Waals surface area contributed by atoms with Crippen LogP contribution in [0.1, 0.15) is 13.3 Å². The zero-order valence-electron chi connectivity index (χ0n) is 28.5. The van der Waals surface area contributed by atoms with Gasteiger partial charge in [0.25, 0.3) is 5.79 Å². The molecule has 4 saturated heterocycles. The molecule has 54 heavy (non-hydrogen) atoms.